The van der Waals surface area contributed by atoms with Crippen LogP contribution in [-0.4, -0.2) is 35.6 Å². The van der Waals surface area contributed by atoms with E-state index in [0.717, 1.165) is 21.5 Å². The number of nitrogens with one attached hydrogen (secondary N) is 2. The zero-order chi connectivity index (χ0) is 31.2. The highest BCUT2D eigenvalue weighted by molar-refractivity contribution is 7.96. The number of benzene rings is 4. The molecule has 2 atom stereocenters. The van der Waals surface area contributed by atoms with E-state index in [9.17, 15) is 14.4 Å². The fraction of sp³-hybridized carbons (Fsp3) is 0.270. The maximum absolute atomic E-state index is 14.1. The van der Waals surface area contributed by atoms with Gasteiger partial charge in [0.1, 0.15) is 28.8 Å². The molecule has 2 unspecified atom stereocenters. The van der Waals surface area contributed by atoms with Crippen LogP contribution < -0.4 is 26.5 Å². The number of carbonyl (C=O) groups excluding carboxylic acids is 3. The zero-order valence-corrected chi connectivity index (χ0v) is 26.4. The van der Waals surface area contributed by atoms with Gasteiger partial charge in [-0.3, -0.25) is 14.4 Å². The lowest BCUT2D eigenvalue weighted by molar-refractivity contribution is -0.155. The van der Waals surface area contributed by atoms with Crippen molar-refractivity contribution in [3.8, 4) is 0 Å². The molecule has 1 aliphatic rings. The largest absolute Gasteiger partial charge is 0.460 e. The van der Waals surface area contributed by atoms with Gasteiger partial charge in [-0.1, -0.05) is 72.8 Å². The van der Waals surface area contributed by atoms with Gasteiger partial charge in [-0.15, -0.1) is 0 Å². The van der Waals surface area contributed by atoms with Crippen LogP contribution in [0.25, 0.3) is 0 Å². The maximum Gasteiger partial charge on any atom is 0.306 e. The first-order valence-corrected chi connectivity index (χ1v) is 17.0. The van der Waals surface area contributed by atoms with E-state index in [1.54, 1.807) is 0 Å². The fourth-order valence-corrected chi connectivity index (χ4v) is 11.3. The summed E-state index contributed by atoms with van der Waals surface area (Å²) in [5.41, 5.74) is 0.742. The Balaban J connectivity index is 1.49. The summed E-state index contributed by atoms with van der Waals surface area (Å²) in [5.74, 6) is -0.627. The Morgan fingerprint density at radius 1 is 0.773 bits per heavy atom. The van der Waals surface area contributed by atoms with Gasteiger partial charge in [0.25, 0.3) is 5.91 Å². The van der Waals surface area contributed by atoms with Crippen molar-refractivity contribution in [2.24, 2.45) is 5.92 Å². The van der Waals surface area contributed by atoms with E-state index < -0.39 is 18.8 Å². The summed E-state index contributed by atoms with van der Waals surface area (Å²) >= 11 is 0. The van der Waals surface area contributed by atoms with Crippen LogP contribution in [0.2, 0.25) is 0 Å². The highest BCUT2D eigenvalue weighted by Crippen LogP contribution is 2.63. The first-order chi connectivity index (χ1) is 21.2. The van der Waals surface area contributed by atoms with E-state index in [4.69, 9.17) is 4.74 Å². The Kier molecular flexibility index (Phi) is 9.61. The molecule has 1 heterocycles. The molecule has 2 N–H and O–H groups in total. The molecule has 2 amide bonds. The molecule has 5 rings (SSSR count). The Labute approximate surface area is 260 Å². The minimum Gasteiger partial charge on any atom is -0.460 e. The summed E-state index contributed by atoms with van der Waals surface area (Å²) in [7, 11) is -2.48. The Morgan fingerprint density at radius 2 is 1.27 bits per heavy atom. The Bertz CT molecular complexity index is 1490. The first-order valence-electron chi connectivity index (χ1n) is 15.1. The van der Waals surface area contributed by atoms with Gasteiger partial charge in [0.05, 0.1) is 6.42 Å². The van der Waals surface area contributed by atoms with Crippen molar-refractivity contribution in [3.05, 3.63) is 121 Å². The highest BCUT2D eigenvalue weighted by atomic mass is 31.2. The molecule has 1 fully saturated rings. The summed E-state index contributed by atoms with van der Waals surface area (Å²) in [4.78, 5) is 39.2. The first kappa shape index (κ1) is 31.2. The van der Waals surface area contributed by atoms with Crippen LogP contribution in [0.5, 0.6) is 0 Å². The number of ether oxygens (including phenoxy) is 1. The number of anilines is 1. The van der Waals surface area contributed by atoms with Crippen LogP contribution in [0.3, 0.4) is 0 Å². The molecule has 4 aromatic rings. The van der Waals surface area contributed by atoms with Crippen molar-refractivity contribution >= 4 is 46.6 Å². The van der Waals surface area contributed by atoms with Crippen molar-refractivity contribution in [2.75, 3.05) is 11.9 Å². The molecule has 0 spiro atoms. The van der Waals surface area contributed by atoms with E-state index >= 15 is 0 Å². The van der Waals surface area contributed by atoms with Gasteiger partial charge in [-0.05, 0) is 75.2 Å². The van der Waals surface area contributed by atoms with Crippen molar-refractivity contribution < 1.29 is 19.1 Å². The third kappa shape index (κ3) is 6.92. The SMILES string of the molecule is CC(C)(C)OC(=O)CCC(=O)Nc1ccccc1CC1CNC(=O)C1[P+](c1ccccc1)(c1ccccc1)c1ccccc1. The molecule has 226 valence electrons. The molecule has 44 heavy (non-hydrogen) atoms. The van der Waals surface area contributed by atoms with Crippen molar-refractivity contribution in [3.63, 3.8) is 0 Å². The topological polar surface area (TPSA) is 84.5 Å². The number of esters is 1. The van der Waals surface area contributed by atoms with Gasteiger partial charge in [-0.25, -0.2) is 0 Å². The van der Waals surface area contributed by atoms with E-state index in [1.807, 2.05) is 63.2 Å². The van der Waals surface area contributed by atoms with Gasteiger partial charge in [0, 0.05) is 24.6 Å². The second kappa shape index (κ2) is 13.6. The van der Waals surface area contributed by atoms with Crippen molar-refractivity contribution in [1.82, 2.24) is 5.32 Å². The van der Waals surface area contributed by atoms with Gasteiger partial charge >= 0.3 is 5.97 Å². The minimum absolute atomic E-state index is 0.00657. The molecular weight excluding hydrogens is 567 g/mol. The standard InChI is InChI=1S/C37H39N2O4P/c1-37(2,3)43-34(41)24-23-33(40)39-32-22-14-13-15-27(32)25-28-26-38-36(42)35(28)44(29-16-7-4-8-17-29,30-18-9-5-10-19-30)31-20-11-6-12-21-31/h4-22,28,35H,23-26H2,1-3H3,(H-,38,39,40,42)/p+1. The molecule has 1 saturated heterocycles. The minimum atomic E-state index is -2.48. The van der Waals surface area contributed by atoms with Crippen LogP contribution in [-0.2, 0) is 25.5 Å². The fourth-order valence-electron chi connectivity index (χ4n) is 6.18. The summed E-state index contributed by atoms with van der Waals surface area (Å²) in [6.45, 7) is 5.96. The van der Waals surface area contributed by atoms with E-state index in [2.05, 4.69) is 83.4 Å². The van der Waals surface area contributed by atoms with Crippen LogP contribution in [0.4, 0.5) is 5.69 Å². The molecule has 1 aliphatic heterocycles. The average Bonchev–Trinajstić information content (AvgIpc) is 3.38. The van der Waals surface area contributed by atoms with Crippen LogP contribution >= 0.6 is 7.26 Å². The predicted molar refractivity (Wildman–Crippen MR) is 179 cm³/mol. The van der Waals surface area contributed by atoms with E-state index in [1.165, 1.54) is 0 Å². The van der Waals surface area contributed by atoms with Gasteiger partial charge in [-0.2, -0.15) is 0 Å². The predicted octanol–water partition coefficient (Wildman–Crippen LogP) is 5.40. The lowest BCUT2D eigenvalue weighted by Crippen LogP contribution is -2.44. The molecule has 6 nitrogen and oxygen atoms in total. The molecule has 0 aromatic heterocycles. The quantitative estimate of drug-likeness (QED) is 0.187. The smallest absolute Gasteiger partial charge is 0.306 e. The monoisotopic (exact) mass is 607 g/mol. The summed E-state index contributed by atoms with van der Waals surface area (Å²) in [5, 5.41) is 9.72. The van der Waals surface area contributed by atoms with E-state index in [-0.39, 0.29) is 36.2 Å². The van der Waals surface area contributed by atoms with Crippen LogP contribution in [0, 0.1) is 5.92 Å². The summed E-state index contributed by atoms with van der Waals surface area (Å²) in [6, 6.07) is 39.1. The Hall–Kier alpha value is -4.28. The Morgan fingerprint density at radius 3 is 1.80 bits per heavy atom. The third-order valence-electron chi connectivity index (χ3n) is 7.91. The number of hydrogen-bond acceptors (Lipinski definition) is 4. The van der Waals surface area contributed by atoms with Gasteiger partial charge in [0.15, 0.2) is 5.66 Å². The molecule has 0 aliphatic carbocycles. The number of amides is 2. The highest BCUT2D eigenvalue weighted by Gasteiger charge is 2.60. The second-order valence-electron chi connectivity index (χ2n) is 12.2. The normalized spacial score (nSPS) is 16.7. The lowest BCUT2D eigenvalue weighted by atomic mass is 9.96. The zero-order valence-electron chi connectivity index (χ0n) is 25.5. The molecule has 4 aromatic carbocycles. The molecule has 0 saturated carbocycles. The van der Waals surface area contributed by atoms with Gasteiger partial charge < -0.3 is 15.4 Å². The molecular formula is C37H40N2O4P+. The van der Waals surface area contributed by atoms with Crippen molar-refractivity contribution in [2.45, 2.75) is 51.3 Å². The molecule has 7 heteroatoms. The molecule has 0 bridgehead atoms. The number of rotatable bonds is 10. The second-order valence-corrected chi connectivity index (χ2v) is 15.7. The average molecular weight is 608 g/mol. The summed E-state index contributed by atoms with van der Waals surface area (Å²) < 4.78 is 5.36. The maximum atomic E-state index is 14.1. The number of hydrogen-bond donors (Lipinski definition) is 2. The third-order valence-corrected chi connectivity index (χ3v) is 12.7. The number of carbonyl (C=O) groups is 3. The molecule has 0 radical (unpaired) electrons. The van der Waals surface area contributed by atoms with Crippen LogP contribution in [0.1, 0.15) is 39.2 Å². The lowest BCUT2D eigenvalue weighted by Gasteiger charge is -2.34. The van der Waals surface area contributed by atoms with E-state index in [0.29, 0.717) is 18.7 Å². The van der Waals surface area contributed by atoms with Crippen LogP contribution in [0.15, 0.2) is 115 Å². The van der Waals surface area contributed by atoms with Gasteiger partial charge in [0.2, 0.25) is 5.91 Å². The van der Waals surface area contributed by atoms with Crippen molar-refractivity contribution in [1.29, 1.82) is 0 Å². The number of para-hydroxylation sites is 1. The summed E-state index contributed by atoms with van der Waals surface area (Å²) in [6.07, 6.45) is 0.632.